The van der Waals surface area contributed by atoms with Crippen molar-refractivity contribution in [3.63, 3.8) is 0 Å². The van der Waals surface area contributed by atoms with Crippen LogP contribution in [0.25, 0.3) is 5.95 Å². The highest BCUT2D eigenvalue weighted by molar-refractivity contribution is 9.10. The number of carbonyl (C=O) groups excluding carboxylic acids is 1. The molecule has 0 saturated carbocycles. The van der Waals surface area contributed by atoms with Crippen LogP contribution in [0.2, 0.25) is 5.02 Å². The van der Waals surface area contributed by atoms with E-state index in [9.17, 15) is 4.79 Å². The summed E-state index contributed by atoms with van der Waals surface area (Å²) in [6, 6.07) is 6.03. The van der Waals surface area contributed by atoms with E-state index in [4.69, 9.17) is 11.6 Å². The molecule has 0 fully saturated rings. The molecule has 3 rings (SSSR count). The molecule has 128 valence electrons. The Balaban J connectivity index is 1.70. The Morgan fingerprint density at radius 2 is 2.04 bits per heavy atom. The minimum Gasteiger partial charge on any atom is -0.328 e. The van der Waals surface area contributed by atoms with Gasteiger partial charge < -0.3 is 10.6 Å². The van der Waals surface area contributed by atoms with Gasteiger partial charge in [0.1, 0.15) is 6.33 Å². The van der Waals surface area contributed by atoms with Crippen LogP contribution in [0.4, 0.5) is 10.5 Å². The van der Waals surface area contributed by atoms with Crippen molar-refractivity contribution >= 4 is 39.2 Å². The monoisotopic (exact) mass is 421 g/mol. The summed E-state index contributed by atoms with van der Waals surface area (Å²) in [7, 11) is 0. The lowest BCUT2D eigenvalue weighted by molar-refractivity contribution is 0.248. The molecule has 1 atom stereocenters. The van der Waals surface area contributed by atoms with Crippen LogP contribution in [-0.4, -0.2) is 30.8 Å². The van der Waals surface area contributed by atoms with Crippen molar-refractivity contribution in [2.24, 2.45) is 0 Å². The number of halogens is 2. The van der Waals surface area contributed by atoms with Gasteiger partial charge in [-0.25, -0.2) is 19.7 Å². The Kier molecular flexibility index (Phi) is 5.25. The molecule has 3 aromatic rings. The number of amides is 2. The molecule has 8 nitrogen and oxygen atoms in total. The molecule has 0 spiro atoms. The molecule has 0 bridgehead atoms. The predicted octanol–water partition coefficient (Wildman–Crippen LogP) is 3.36. The minimum atomic E-state index is -0.419. The highest BCUT2D eigenvalue weighted by Gasteiger charge is 2.18. The zero-order valence-corrected chi connectivity index (χ0v) is 15.4. The van der Waals surface area contributed by atoms with Crippen molar-refractivity contribution < 1.29 is 4.79 Å². The fourth-order valence-electron chi connectivity index (χ4n) is 2.10. The van der Waals surface area contributed by atoms with Gasteiger partial charge in [-0.15, -0.1) is 0 Å². The molecular formula is C15H13BrClN7O. The lowest BCUT2D eigenvalue weighted by Crippen LogP contribution is -2.32. The van der Waals surface area contributed by atoms with E-state index in [-0.39, 0.29) is 0 Å². The van der Waals surface area contributed by atoms with Crippen LogP contribution in [0, 0.1) is 0 Å². The maximum atomic E-state index is 12.2. The number of urea groups is 1. The maximum absolute atomic E-state index is 12.2. The largest absolute Gasteiger partial charge is 0.328 e. The molecule has 2 heterocycles. The third-order valence-corrected chi connectivity index (χ3v) is 4.46. The fourth-order valence-corrected chi connectivity index (χ4v) is 2.53. The lowest BCUT2D eigenvalue weighted by atomic mass is 10.3. The maximum Gasteiger partial charge on any atom is 0.319 e. The molecule has 2 N–H and O–H groups in total. The fraction of sp³-hybridized carbons (Fsp3) is 0.133. The van der Waals surface area contributed by atoms with Gasteiger partial charge in [0.15, 0.2) is 5.82 Å². The van der Waals surface area contributed by atoms with Crippen molar-refractivity contribution in [2.45, 2.75) is 13.0 Å². The second-order valence-corrected chi connectivity index (χ2v) is 6.29. The highest BCUT2D eigenvalue weighted by Crippen LogP contribution is 2.25. The molecule has 0 radical (unpaired) electrons. The predicted molar refractivity (Wildman–Crippen MR) is 96.7 cm³/mol. The third kappa shape index (κ3) is 4.12. The van der Waals surface area contributed by atoms with E-state index in [1.807, 2.05) is 0 Å². The van der Waals surface area contributed by atoms with E-state index in [1.54, 1.807) is 43.6 Å². The van der Waals surface area contributed by atoms with Crippen molar-refractivity contribution in [3.8, 4) is 5.95 Å². The van der Waals surface area contributed by atoms with E-state index >= 15 is 0 Å². The summed E-state index contributed by atoms with van der Waals surface area (Å²) in [5.41, 5.74) is 0.575. The van der Waals surface area contributed by atoms with Crippen LogP contribution in [0.3, 0.4) is 0 Å². The van der Waals surface area contributed by atoms with Crippen LogP contribution in [0.15, 0.2) is 47.5 Å². The van der Waals surface area contributed by atoms with Gasteiger partial charge in [-0.1, -0.05) is 11.6 Å². The Morgan fingerprint density at radius 1 is 1.28 bits per heavy atom. The van der Waals surface area contributed by atoms with Crippen molar-refractivity contribution in [1.82, 2.24) is 30.0 Å². The van der Waals surface area contributed by atoms with Crippen molar-refractivity contribution in [2.75, 3.05) is 5.32 Å². The summed E-state index contributed by atoms with van der Waals surface area (Å²) in [5.74, 6) is 0.888. The number of nitrogens with one attached hydrogen (secondary N) is 2. The number of rotatable bonds is 4. The van der Waals surface area contributed by atoms with Crippen molar-refractivity contribution in [3.05, 3.63) is 58.3 Å². The highest BCUT2D eigenvalue weighted by atomic mass is 79.9. The molecule has 2 amide bonds. The molecule has 0 unspecified atom stereocenters. The second-order valence-electron chi connectivity index (χ2n) is 5.03. The zero-order valence-electron chi connectivity index (χ0n) is 13.0. The first kappa shape index (κ1) is 17.3. The Morgan fingerprint density at radius 3 is 2.76 bits per heavy atom. The van der Waals surface area contributed by atoms with Gasteiger partial charge in [0.2, 0.25) is 0 Å². The summed E-state index contributed by atoms with van der Waals surface area (Å²) < 4.78 is 2.23. The van der Waals surface area contributed by atoms with E-state index in [0.717, 1.165) is 4.47 Å². The zero-order chi connectivity index (χ0) is 17.8. The molecule has 0 aliphatic carbocycles. The number of nitrogens with zero attached hydrogens (tertiary/aromatic N) is 5. The number of aromatic nitrogens is 5. The summed E-state index contributed by atoms with van der Waals surface area (Å²) in [5, 5.41) is 10.1. The first-order valence-corrected chi connectivity index (χ1v) is 8.41. The van der Waals surface area contributed by atoms with Crippen LogP contribution >= 0.6 is 27.5 Å². The molecule has 25 heavy (non-hydrogen) atoms. The van der Waals surface area contributed by atoms with Crippen LogP contribution < -0.4 is 10.6 Å². The van der Waals surface area contributed by atoms with Crippen molar-refractivity contribution in [1.29, 1.82) is 0 Å². The Labute approximate surface area is 156 Å². The molecular weight excluding hydrogens is 410 g/mol. The summed E-state index contributed by atoms with van der Waals surface area (Å²) in [6.45, 7) is 1.79. The quantitative estimate of drug-likeness (QED) is 0.672. The van der Waals surface area contributed by atoms with E-state index < -0.39 is 12.1 Å². The summed E-state index contributed by atoms with van der Waals surface area (Å²) in [6.07, 6.45) is 4.60. The Bertz CT molecular complexity index is 887. The topological polar surface area (TPSA) is 97.6 Å². The second kappa shape index (κ2) is 7.58. The SMILES string of the molecule is C[C@H](NC(=O)Nc1ccc(Br)c(Cl)c1)c1ncnn1-c1ncccn1. The van der Waals surface area contributed by atoms with E-state index in [2.05, 4.69) is 46.6 Å². The van der Waals surface area contributed by atoms with Crippen LogP contribution in [0.1, 0.15) is 18.8 Å². The van der Waals surface area contributed by atoms with Gasteiger partial charge >= 0.3 is 6.03 Å². The first-order chi connectivity index (χ1) is 12.0. The summed E-state index contributed by atoms with van der Waals surface area (Å²) in [4.78, 5) is 24.6. The van der Waals surface area contributed by atoms with Gasteiger partial charge in [-0.05, 0) is 47.1 Å². The molecule has 2 aromatic heterocycles. The third-order valence-electron chi connectivity index (χ3n) is 3.23. The molecule has 0 aliphatic rings. The minimum absolute atomic E-state index is 0.378. The van der Waals surface area contributed by atoms with Gasteiger partial charge in [-0.2, -0.15) is 9.78 Å². The molecule has 0 aliphatic heterocycles. The standard InChI is InChI=1S/C15H13BrClN7O/c1-9(13-20-8-21-24(13)14-18-5-2-6-19-14)22-15(25)23-10-3-4-11(16)12(17)7-10/h2-9H,1H3,(H2,22,23,25)/t9-/m0/s1. The Hall–Kier alpha value is -2.52. The average Bonchev–Trinajstić information content (AvgIpc) is 3.09. The molecule has 0 saturated heterocycles. The normalized spacial score (nSPS) is 11.8. The van der Waals surface area contributed by atoms with E-state index in [0.29, 0.717) is 22.5 Å². The smallest absolute Gasteiger partial charge is 0.319 e. The first-order valence-electron chi connectivity index (χ1n) is 7.24. The van der Waals surface area contributed by atoms with Gasteiger partial charge in [0.25, 0.3) is 5.95 Å². The van der Waals surface area contributed by atoms with Crippen LogP contribution in [-0.2, 0) is 0 Å². The molecule has 1 aromatic carbocycles. The number of benzene rings is 1. The summed E-state index contributed by atoms with van der Waals surface area (Å²) >= 11 is 9.32. The molecule has 10 heteroatoms. The number of hydrogen-bond acceptors (Lipinski definition) is 5. The van der Waals surface area contributed by atoms with Crippen LogP contribution in [0.5, 0.6) is 0 Å². The number of carbonyl (C=O) groups is 1. The van der Waals surface area contributed by atoms with Gasteiger partial charge in [0.05, 0.1) is 11.1 Å². The average molecular weight is 423 g/mol. The number of anilines is 1. The van der Waals surface area contributed by atoms with Gasteiger partial charge in [0, 0.05) is 22.6 Å². The lowest BCUT2D eigenvalue weighted by Gasteiger charge is -2.14. The van der Waals surface area contributed by atoms with Gasteiger partial charge in [-0.3, -0.25) is 0 Å². The van der Waals surface area contributed by atoms with E-state index in [1.165, 1.54) is 11.0 Å². The number of hydrogen-bond donors (Lipinski definition) is 2.